The Labute approximate surface area is 134 Å². The lowest BCUT2D eigenvalue weighted by atomic mass is 10.2. The summed E-state index contributed by atoms with van der Waals surface area (Å²) >= 11 is 0. The predicted octanol–water partition coefficient (Wildman–Crippen LogP) is 0.547. The zero-order chi connectivity index (χ0) is 16.4. The van der Waals surface area contributed by atoms with Crippen molar-refractivity contribution in [3.8, 4) is 5.69 Å². The van der Waals surface area contributed by atoms with Crippen LogP contribution in [0.15, 0.2) is 60.3 Å². The molecule has 0 unspecified atom stereocenters. The van der Waals surface area contributed by atoms with Crippen molar-refractivity contribution in [2.45, 2.75) is 10.9 Å². The molecule has 2 heterocycles. The van der Waals surface area contributed by atoms with Crippen LogP contribution in [-0.4, -0.2) is 47.5 Å². The number of carbonyl (C=O) groups excluding carboxylic acids is 1. The van der Waals surface area contributed by atoms with Crippen LogP contribution in [0.5, 0.6) is 0 Å². The van der Waals surface area contributed by atoms with Crippen molar-refractivity contribution in [1.29, 1.82) is 0 Å². The monoisotopic (exact) mass is 332 g/mol. The summed E-state index contributed by atoms with van der Waals surface area (Å²) in [6.07, 6.45) is 4.61. The molecule has 1 amide bonds. The van der Waals surface area contributed by atoms with Crippen LogP contribution in [0.3, 0.4) is 0 Å². The zero-order valence-electron chi connectivity index (χ0n) is 12.3. The maximum Gasteiger partial charge on any atom is 0.243 e. The van der Waals surface area contributed by atoms with Crippen molar-refractivity contribution in [3.05, 3.63) is 55.4 Å². The van der Waals surface area contributed by atoms with E-state index in [1.807, 2.05) is 0 Å². The van der Waals surface area contributed by atoms with Gasteiger partial charge in [0.05, 0.1) is 16.6 Å². The van der Waals surface area contributed by atoms with Crippen molar-refractivity contribution < 1.29 is 13.2 Å². The second kappa shape index (κ2) is 5.98. The number of rotatable bonds is 5. The summed E-state index contributed by atoms with van der Waals surface area (Å²) in [6.45, 7) is 3.90. The van der Waals surface area contributed by atoms with E-state index in [1.165, 1.54) is 10.4 Å². The van der Waals surface area contributed by atoms with Crippen LogP contribution in [0.4, 0.5) is 0 Å². The molecule has 1 aromatic carbocycles. The molecule has 1 N–H and O–H groups in total. The number of amides is 1. The number of carbonyl (C=O) groups is 1. The molecule has 3 rings (SSSR count). The number of sulfonamides is 1. The maximum atomic E-state index is 12.5. The van der Waals surface area contributed by atoms with Crippen molar-refractivity contribution in [2.24, 2.45) is 0 Å². The zero-order valence-corrected chi connectivity index (χ0v) is 13.1. The fourth-order valence-corrected chi connectivity index (χ4v) is 3.86. The molecule has 1 fully saturated rings. The van der Waals surface area contributed by atoms with Gasteiger partial charge in [0, 0.05) is 25.5 Å². The van der Waals surface area contributed by atoms with Crippen LogP contribution in [-0.2, 0) is 14.8 Å². The lowest BCUT2D eigenvalue weighted by Gasteiger charge is -2.38. The van der Waals surface area contributed by atoms with Gasteiger partial charge in [-0.25, -0.2) is 13.1 Å². The smallest absolute Gasteiger partial charge is 0.243 e. The van der Waals surface area contributed by atoms with Crippen molar-refractivity contribution >= 4 is 15.9 Å². The van der Waals surface area contributed by atoms with Crippen molar-refractivity contribution in [1.82, 2.24) is 19.4 Å². The van der Waals surface area contributed by atoms with Gasteiger partial charge in [-0.3, -0.25) is 4.79 Å². The first kappa shape index (κ1) is 15.4. The van der Waals surface area contributed by atoms with Crippen molar-refractivity contribution in [3.63, 3.8) is 0 Å². The third-order valence-electron chi connectivity index (χ3n) is 3.62. The summed E-state index contributed by atoms with van der Waals surface area (Å²) in [5.74, 6) is -0.296. The van der Waals surface area contributed by atoms with E-state index in [0.29, 0.717) is 0 Å². The van der Waals surface area contributed by atoms with E-state index < -0.39 is 10.0 Å². The minimum atomic E-state index is -3.54. The Bertz CT molecular complexity index is 807. The quantitative estimate of drug-likeness (QED) is 0.810. The van der Waals surface area contributed by atoms with Gasteiger partial charge in [0.2, 0.25) is 15.9 Å². The molecule has 1 saturated heterocycles. The number of nitrogens with zero attached hydrogens (tertiary/aromatic N) is 3. The molecule has 7 nitrogen and oxygen atoms in total. The third kappa shape index (κ3) is 3.03. The SMILES string of the molecule is C=CC(=O)NC1CN(S(=O)(=O)c2ccc(-n3cccn3)cc2)C1. The van der Waals surface area contributed by atoms with E-state index in [-0.39, 0.29) is 29.9 Å². The van der Waals surface area contributed by atoms with Gasteiger partial charge in [-0.2, -0.15) is 9.40 Å². The number of benzene rings is 1. The minimum absolute atomic E-state index is 0.168. The van der Waals surface area contributed by atoms with Gasteiger partial charge in [-0.05, 0) is 36.4 Å². The molecule has 0 radical (unpaired) electrons. The Morgan fingerprint density at radius 1 is 1.30 bits per heavy atom. The molecule has 120 valence electrons. The average Bonchev–Trinajstić information content (AvgIpc) is 3.04. The number of hydrogen-bond acceptors (Lipinski definition) is 4. The highest BCUT2D eigenvalue weighted by Crippen LogP contribution is 2.22. The molecule has 1 aliphatic heterocycles. The molecule has 0 spiro atoms. The number of nitrogens with one attached hydrogen (secondary N) is 1. The Hall–Kier alpha value is -2.45. The van der Waals surface area contributed by atoms with Gasteiger partial charge < -0.3 is 5.32 Å². The summed E-state index contributed by atoms with van der Waals surface area (Å²) in [5, 5.41) is 6.77. The summed E-state index contributed by atoms with van der Waals surface area (Å²) in [5.41, 5.74) is 0.786. The van der Waals surface area contributed by atoms with Crippen LogP contribution >= 0.6 is 0 Å². The highest BCUT2D eigenvalue weighted by atomic mass is 32.2. The molecular formula is C15H16N4O3S. The fraction of sp³-hybridized carbons (Fsp3) is 0.200. The molecule has 23 heavy (non-hydrogen) atoms. The number of hydrogen-bond donors (Lipinski definition) is 1. The van der Waals surface area contributed by atoms with Crippen LogP contribution in [0.1, 0.15) is 0 Å². The van der Waals surface area contributed by atoms with Crippen molar-refractivity contribution in [2.75, 3.05) is 13.1 Å². The fourth-order valence-electron chi connectivity index (χ4n) is 2.33. The molecule has 8 heteroatoms. The van der Waals surface area contributed by atoms with Crippen LogP contribution in [0, 0.1) is 0 Å². The molecule has 2 aromatic rings. The molecule has 0 aliphatic carbocycles. The third-order valence-corrected chi connectivity index (χ3v) is 5.47. The van der Waals surface area contributed by atoms with Crippen LogP contribution in [0.2, 0.25) is 0 Å². The molecule has 1 aromatic heterocycles. The van der Waals surface area contributed by atoms with Gasteiger partial charge in [-0.15, -0.1) is 0 Å². The Kier molecular flexibility index (Phi) is 4.01. The first-order valence-corrected chi connectivity index (χ1v) is 8.48. The molecule has 0 saturated carbocycles. The minimum Gasteiger partial charge on any atom is -0.347 e. The van der Waals surface area contributed by atoms with Crippen LogP contribution in [0.25, 0.3) is 5.69 Å². The highest BCUT2D eigenvalue weighted by molar-refractivity contribution is 7.89. The lowest BCUT2D eigenvalue weighted by molar-refractivity contribution is -0.117. The standard InChI is InChI=1S/C15H16N4O3S/c1-2-15(20)17-12-10-18(11-12)23(21,22)14-6-4-13(5-7-14)19-9-3-8-16-19/h2-9,12H,1,10-11H2,(H,17,20). The van der Waals surface area contributed by atoms with E-state index in [1.54, 1.807) is 47.4 Å². The van der Waals surface area contributed by atoms with E-state index in [9.17, 15) is 13.2 Å². The summed E-state index contributed by atoms with van der Waals surface area (Å²) < 4.78 is 28.0. The maximum absolute atomic E-state index is 12.5. The molecule has 0 bridgehead atoms. The average molecular weight is 332 g/mol. The normalized spacial score (nSPS) is 15.8. The van der Waals surface area contributed by atoms with Gasteiger partial charge in [0.25, 0.3) is 0 Å². The molecule has 1 aliphatic rings. The van der Waals surface area contributed by atoms with E-state index in [0.717, 1.165) is 5.69 Å². The topological polar surface area (TPSA) is 84.3 Å². The Morgan fingerprint density at radius 3 is 2.57 bits per heavy atom. The summed E-state index contributed by atoms with van der Waals surface area (Å²) in [7, 11) is -3.54. The largest absolute Gasteiger partial charge is 0.347 e. The lowest BCUT2D eigenvalue weighted by Crippen LogP contribution is -2.60. The van der Waals surface area contributed by atoms with E-state index in [4.69, 9.17) is 0 Å². The Balaban J connectivity index is 1.69. The van der Waals surface area contributed by atoms with Crippen LogP contribution < -0.4 is 5.32 Å². The molecule has 0 atom stereocenters. The predicted molar refractivity (Wildman–Crippen MR) is 84.5 cm³/mol. The molecular weight excluding hydrogens is 316 g/mol. The first-order chi connectivity index (χ1) is 11.0. The van der Waals surface area contributed by atoms with Gasteiger partial charge in [-0.1, -0.05) is 6.58 Å². The van der Waals surface area contributed by atoms with E-state index >= 15 is 0 Å². The van der Waals surface area contributed by atoms with E-state index in [2.05, 4.69) is 17.0 Å². The highest BCUT2D eigenvalue weighted by Gasteiger charge is 2.37. The number of aromatic nitrogens is 2. The summed E-state index contributed by atoms with van der Waals surface area (Å²) in [6, 6.07) is 8.15. The second-order valence-corrected chi connectivity index (χ2v) is 7.11. The van der Waals surface area contributed by atoms with Gasteiger partial charge in [0.1, 0.15) is 0 Å². The second-order valence-electron chi connectivity index (χ2n) is 5.18. The summed E-state index contributed by atoms with van der Waals surface area (Å²) in [4.78, 5) is 11.4. The Morgan fingerprint density at radius 2 is 2.00 bits per heavy atom. The van der Waals surface area contributed by atoms with Gasteiger partial charge >= 0.3 is 0 Å². The van der Waals surface area contributed by atoms with Gasteiger partial charge in [0.15, 0.2) is 0 Å². The first-order valence-electron chi connectivity index (χ1n) is 7.04.